The largest absolute Gasteiger partial charge is 0.374 e. The average Bonchev–Trinajstić information content (AvgIpc) is 2.64. The zero-order valence-electron chi connectivity index (χ0n) is 12.2. The number of benzene rings is 1. The van der Waals surface area contributed by atoms with E-state index in [9.17, 15) is 0 Å². The van der Waals surface area contributed by atoms with Crippen molar-refractivity contribution in [2.75, 3.05) is 6.61 Å². The van der Waals surface area contributed by atoms with Crippen molar-refractivity contribution >= 4 is 11.0 Å². The van der Waals surface area contributed by atoms with Gasteiger partial charge >= 0.3 is 0 Å². The van der Waals surface area contributed by atoms with Crippen molar-refractivity contribution in [1.82, 2.24) is 9.55 Å². The SMILES string of the molecule is Cn1c(CC(N)COC(C)(C)C)nc2ccccc21. The third-order valence-electron chi connectivity index (χ3n) is 3.05. The Labute approximate surface area is 114 Å². The molecule has 1 unspecified atom stereocenters. The summed E-state index contributed by atoms with van der Waals surface area (Å²) in [6, 6.07) is 8.09. The summed E-state index contributed by atoms with van der Waals surface area (Å²) in [6.07, 6.45) is 0.723. The van der Waals surface area contributed by atoms with Crippen LogP contribution in [0.1, 0.15) is 26.6 Å². The van der Waals surface area contributed by atoms with Crippen LogP contribution in [-0.4, -0.2) is 27.8 Å². The van der Waals surface area contributed by atoms with E-state index in [4.69, 9.17) is 10.5 Å². The smallest absolute Gasteiger partial charge is 0.111 e. The number of imidazole rings is 1. The molecule has 19 heavy (non-hydrogen) atoms. The first-order valence-electron chi connectivity index (χ1n) is 6.67. The molecule has 1 atom stereocenters. The van der Waals surface area contributed by atoms with Gasteiger partial charge in [0.2, 0.25) is 0 Å². The van der Waals surface area contributed by atoms with E-state index in [0.717, 1.165) is 23.3 Å². The van der Waals surface area contributed by atoms with Crippen LogP contribution in [0.15, 0.2) is 24.3 Å². The fourth-order valence-corrected chi connectivity index (χ4v) is 2.03. The highest BCUT2D eigenvalue weighted by Crippen LogP contribution is 2.15. The normalized spacial score (nSPS) is 13.9. The van der Waals surface area contributed by atoms with E-state index in [1.807, 2.05) is 46.0 Å². The van der Waals surface area contributed by atoms with Crippen LogP contribution >= 0.6 is 0 Å². The summed E-state index contributed by atoms with van der Waals surface area (Å²) in [4.78, 5) is 4.62. The molecular weight excluding hydrogens is 238 g/mol. The Morgan fingerprint density at radius 1 is 1.32 bits per heavy atom. The predicted octanol–water partition coefficient (Wildman–Crippen LogP) is 2.26. The third kappa shape index (κ3) is 3.55. The predicted molar refractivity (Wildman–Crippen MR) is 78.1 cm³/mol. The molecule has 0 radical (unpaired) electrons. The molecule has 0 amide bonds. The van der Waals surface area contributed by atoms with Crippen molar-refractivity contribution in [2.24, 2.45) is 12.8 Å². The Kier molecular flexibility index (Phi) is 3.92. The van der Waals surface area contributed by atoms with Gasteiger partial charge in [0.25, 0.3) is 0 Å². The van der Waals surface area contributed by atoms with Gasteiger partial charge in [-0.05, 0) is 32.9 Å². The highest BCUT2D eigenvalue weighted by molar-refractivity contribution is 5.75. The van der Waals surface area contributed by atoms with Crippen LogP contribution in [0, 0.1) is 0 Å². The van der Waals surface area contributed by atoms with Crippen LogP contribution in [-0.2, 0) is 18.2 Å². The molecule has 104 valence electrons. The molecule has 0 saturated carbocycles. The van der Waals surface area contributed by atoms with Crippen LogP contribution in [0.4, 0.5) is 0 Å². The molecule has 4 heteroatoms. The lowest BCUT2D eigenvalue weighted by molar-refractivity contribution is -0.0101. The molecule has 0 aliphatic heterocycles. The molecule has 2 aromatic rings. The van der Waals surface area contributed by atoms with E-state index in [0.29, 0.717) is 6.61 Å². The van der Waals surface area contributed by atoms with Crippen molar-refractivity contribution in [3.8, 4) is 0 Å². The lowest BCUT2D eigenvalue weighted by Gasteiger charge is -2.22. The number of hydrogen-bond acceptors (Lipinski definition) is 3. The van der Waals surface area contributed by atoms with Gasteiger partial charge in [0.05, 0.1) is 23.2 Å². The summed E-state index contributed by atoms with van der Waals surface area (Å²) in [5, 5.41) is 0. The van der Waals surface area contributed by atoms with Gasteiger partial charge in [-0.2, -0.15) is 0 Å². The summed E-state index contributed by atoms with van der Waals surface area (Å²) < 4.78 is 7.82. The molecule has 2 rings (SSSR count). The number of nitrogens with zero attached hydrogens (tertiary/aromatic N) is 2. The first-order chi connectivity index (χ1) is 8.87. The number of rotatable bonds is 4. The zero-order valence-corrected chi connectivity index (χ0v) is 12.2. The zero-order chi connectivity index (χ0) is 14.0. The van der Waals surface area contributed by atoms with Gasteiger partial charge in [-0.1, -0.05) is 12.1 Å². The van der Waals surface area contributed by atoms with Crippen molar-refractivity contribution in [3.05, 3.63) is 30.1 Å². The molecule has 2 N–H and O–H groups in total. The molecule has 1 heterocycles. The second kappa shape index (κ2) is 5.31. The van der Waals surface area contributed by atoms with Crippen molar-refractivity contribution < 1.29 is 4.74 Å². The van der Waals surface area contributed by atoms with Gasteiger partial charge in [-0.3, -0.25) is 0 Å². The monoisotopic (exact) mass is 261 g/mol. The van der Waals surface area contributed by atoms with Crippen molar-refractivity contribution in [1.29, 1.82) is 0 Å². The molecule has 1 aromatic carbocycles. The van der Waals surface area contributed by atoms with Crippen molar-refractivity contribution in [2.45, 2.75) is 38.8 Å². The van der Waals surface area contributed by atoms with Gasteiger partial charge in [-0.25, -0.2) is 4.98 Å². The average molecular weight is 261 g/mol. The van der Waals surface area contributed by atoms with E-state index in [1.165, 1.54) is 0 Å². The molecule has 0 spiro atoms. The third-order valence-corrected chi connectivity index (χ3v) is 3.05. The topological polar surface area (TPSA) is 53.1 Å². The standard InChI is InChI=1S/C15H23N3O/c1-15(2,3)19-10-11(16)9-14-17-12-7-5-6-8-13(12)18(14)4/h5-8,11H,9-10,16H2,1-4H3. The lowest BCUT2D eigenvalue weighted by Crippen LogP contribution is -2.34. The van der Waals surface area contributed by atoms with Gasteiger partial charge in [0.1, 0.15) is 5.82 Å². The van der Waals surface area contributed by atoms with E-state index in [-0.39, 0.29) is 11.6 Å². The van der Waals surface area contributed by atoms with E-state index >= 15 is 0 Å². The molecule has 0 aliphatic rings. The van der Waals surface area contributed by atoms with Crippen LogP contribution in [0.25, 0.3) is 11.0 Å². The maximum atomic E-state index is 6.13. The first kappa shape index (κ1) is 14.0. The highest BCUT2D eigenvalue weighted by Gasteiger charge is 2.15. The second-order valence-electron chi connectivity index (χ2n) is 5.96. The maximum absolute atomic E-state index is 6.13. The number of para-hydroxylation sites is 2. The van der Waals surface area contributed by atoms with Gasteiger partial charge in [0.15, 0.2) is 0 Å². The fraction of sp³-hybridized carbons (Fsp3) is 0.533. The van der Waals surface area contributed by atoms with Crippen LogP contribution in [0.5, 0.6) is 0 Å². The Bertz CT molecular complexity index is 554. The molecule has 0 aliphatic carbocycles. The summed E-state index contributed by atoms with van der Waals surface area (Å²) in [5.74, 6) is 1.01. The Hall–Kier alpha value is -1.39. The minimum absolute atomic E-state index is 0.0327. The first-order valence-corrected chi connectivity index (χ1v) is 6.67. The Balaban J connectivity index is 2.07. The van der Waals surface area contributed by atoms with Crippen LogP contribution < -0.4 is 5.73 Å². The van der Waals surface area contributed by atoms with Crippen molar-refractivity contribution in [3.63, 3.8) is 0 Å². The second-order valence-corrected chi connectivity index (χ2v) is 5.96. The molecule has 0 saturated heterocycles. The van der Waals surface area contributed by atoms with E-state index in [1.54, 1.807) is 0 Å². The van der Waals surface area contributed by atoms with Gasteiger partial charge in [0, 0.05) is 19.5 Å². The number of hydrogen-bond donors (Lipinski definition) is 1. The van der Waals surface area contributed by atoms with Gasteiger partial charge < -0.3 is 15.0 Å². The molecule has 0 fully saturated rings. The molecule has 1 aromatic heterocycles. The number of nitrogens with two attached hydrogens (primary N) is 1. The highest BCUT2D eigenvalue weighted by atomic mass is 16.5. The molecular formula is C15H23N3O. The molecule has 4 nitrogen and oxygen atoms in total. The van der Waals surface area contributed by atoms with Crippen LogP contribution in [0.2, 0.25) is 0 Å². The number of aromatic nitrogens is 2. The summed E-state index contributed by atoms with van der Waals surface area (Å²) >= 11 is 0. The quantitative estimate of drug-likeness (QED) is 0.918. The number of fused-ring (bicyclic) bond motifs is 1. The molecule has 0 bridgehead atoms. The van der Waals surface area contributed by atoms with E-state index < -0.39 is 0 Å². The van der Waals surface area contributed by atoms with Crippen LogP contribution in [0.3, 0.4) is 0 Å². The lowest BCUT2D eigenvalue weighted by atomic mass is 10.1. The number of ether oxygens (including phenoxy) is 1. The summed E-state index contributed by atoms with van der Waals surface area (Å²) in [6.45, 7) is 6.66. The fourth-order valence-electron chi connectivity index (χ4n) is 2.03. The number of aryl methyl sites for hydroxylation is 1. The van der Waals surface area contributed by atoms with E-state index in [2.05, 4.69) is 15.6 Å². The minimum Gasteiger partial charge on any atom is -0.374 e. The summed E-state index contributed by atoms with van der Waals surface area (Å²) in [7, 11) is 2.03. The van der Waals surface area contributed by atoms with Gasteiger partial charge in [-0.15, -0.1) is 0 Å². The maximum Gasteiger partial charge on any atom is 0.111 e. The summed E-state index contributed by atoms with van der Waals surface area (Å²) in [5.41, 5.74) is 8.13. The Morgan fingerprint density at radius 3 is 2.63 bits per heavy atom. The minimum atomic E-state index is -0.149. The Morgan fingerprint density at radius 2 is 2.00 bits per heavy atom.